The number of methoxy groups -OCH3 is 1. The van der Waals surface area contributed by atoms with E-state index in [0.717, 1.165) is 29.7 Å². The summed E-state index contributed by atoms with van der Waals surface area (Å²) in [7, 11) is 1.60. The molecule has 0 N–H and O–H groups in total. The van der Waals surface area contributed by atoms with E-state index in [0.29, 0.717) is 12.3 Å². The van der Waals surface area contributed by atoms with Crippen molar-refractivity contribution in [1.82, 2.24) is 9.80 Å². The Hall–Kier alpha value is -3.61. The second-order valence-electron chi connectivity index (χ2n) is 8.23. The van der Waals surface area contributed by atoms with Crippen molar-refractivity contribution in [2.24, 2.45) is 0 Å². The lowest BCUT2D eigenvalue weighted by molar-refractivity contribution is -0.141. The van der Waals surface area contributed by atoms with Crippen LogP contribution in [0.15, 0.2) is 71.3 Å². The van der Waals surface area contributed by atoms with Crippen LogP contribution in [0.5, 0.6) is 5.75 Å². The summed E-state index contributed by atoms with van der Waals surface area (Å²) in [6.45, 7) is 0.570. The molecule has 0 unspecified atom stereocenters. The molecule has 0 aliphatic heterocycles. The van der Waals surface area contributed by atoms with E-state index in [1.54, 1.807) is 47.4 Å². The van der Waals surface area contributed by atoms with E-state index in [-0.39, 0.29) is 43.2 Å². The topological polar surface area (TPSA) is 63.0 Å². The molecule has 2 aromatic carbocycles. The van der Waals surface area contributed by atoms with Gasteiger partial charge in [-0.2, -0.15) is 0 Å². The summed E-state index contributed by atoms with van der Waals surface area (Å²) in [6.07, 6.45) is 3.59. The van der Waals surface area contributed by atoms with E-state index in [1.807, 2.05) is 24.3 Å². The molecule has 1 aromatic heterocycles. The Bertz CT molecular complexity index is 1060. The van der Waals surface area contributed by atoms with Crippen LogP contribution in [0.25, 0.3) is 0 Å². The predicted molar refractivity (Wildman–Crippen MR) is 121 cm³/mol. The highest BCUT2D eigenvalue weighted by Crippen LogP contribution is 2.28. The molecule has 7 heteroatoms. The maximum atomic E-state index is 13.3. The number of hydrogen-bond acceptors (Lipinski definition) is 4. The normalized spacial score (nSPS) is 12.9. The minimum Gasteiger partial charge on any atom is -0.497 e. The van der Waals surface area contributed by atoms with Crippen molar-refractivity contribution < 1.29 is 23.1 Å². The second-order valence-corrected chi connectivity index (χ2v) is 8.23. The van der Waals surface area contributed by atoms with Gasteiger partial charge in [0, 0.05) is 12.6 Å². The summed E-state index contributed by atoms with van der Waals surface area (Å²) in [5, 5.41) is 0. The fourth-order valence-corrected chi connectivity index (χ4v) is 3.71. The number of carbonyl (C=O) groups excluding carboxylic acids is 2. The van der Waals surface area contributed by atoms with Gasteiger partial charge in [-0.05, 0) is 60.4 Å². The van der Waals surface area contributed by atoms with E-state index in [9.17, 15) is 14.0 Å². The highest BCUT2D eigenvalue weighted by molar-refractivity contribution is 5.86. The zero-order valence-electron chi connectivity index (χ0n) is 18.6. The van der Waals surface area contributed by atoms with Crippen LogP contribution in [0, 0.1) is 5.82 Å². The first-order valence-electron chi connectivity index (χ1n) is 11.0. The zero-order chi connectivity index (χ0) is 23.2. The van der Waals surface area contributed by atoms with E-state index in [4.69, 9.17) is 9.15 Å². The fraction of sp³-hybridized carbons (Fsp3) is 0.308. The molecular weight excluding hydrogens is 423 g/mol. The summed E-state index contributed by atoms with van der Waals surface area (Å²) < 4.78 is 23.9. The molecule has 172 valence electrons. The number of carbonyl (C=O) groups is 2. The molecule has 1 heterocycles. The van der Waals surface area contributed by atoms with Gasteiger partial charge in [-0.3, -0.25) is 9.59 Å². The minimum atomic E-state index is -0.327. The van der Waals surface area contributed by atoms with E-state index in [2.05, 4.69) is 0 Å². The largest absolute Gasteiger partial charge is 0.497 e. The van der Waals surface area contributed by atoms with Gasteiger partial charge in [0.25, 0.3) is 0 Å². The summed E-state index contributed by atoms with van der Waals surface area (Å²) in [5.74, 6) is 0.802. The molecule has 0 atom stereocenters. The Morgan fingerprint density at radius 3 is 2.27 bits per heavy atom. The van der Waals surface area contributed by atoms with E-state index < -0.39 is 0 Å². The Morgan fingerprint density at radius 1 is 0.970 bits per heavy atom. The van der Waals surface area contributed by atoms with Crippen LogP contribution in [0.2, 0.25) is 0 Å². The van der Waals surface area contributed by atoms with Gasteiger partial charge in [0.2, 0.25) is 11.8 Å². The third-order valence-electron chi connectivity index (χ3n) is 5.69. The maximum absolute atomic E-state index is 13.3. The SMILES string of the molecule is COc1ccc(CC(=O)N(CC(=O)N(Cc2ccc(F)cc2)Cc2ccco2)C2CC2)cc1. The van der Waals surface area contributed by atoms with Gasteiger partial charge in [0.1, 0.15) is 23.9 Å². The van der Waals surface area contributed by atoms with Crippen LogP contribution in [-0.2, 0) is 29.1 Å². The van der Waals surface area contributed by atoms with Crippen molar-refractivity contribution in [3.8, 4) is 5.75 Å². The summed E-state index contributed by atoms with van der Waals surface area (Å²) in [5.41, 5.74) is 1.68. The van der Waals surface area contributed by atoms with Crippen LogP contribution in [0.3, 0.4) is 0 Å². The molecule has 0 spiro atoms. The third-order valence-corrected chi connectivity index (χ3v) is 5.69. The Labute approximate surface area is 192 Å². The van der Waals surface area contributed by atoms with Crippen molar-refractivity contribution in [3.05, 3.63) is 89.6 Å². The molecule has 0 radical (unpaired) electrons. The molecule has 2 amide bonds. The molecule has 1 aliphatic carbocycles. The van der Waals surface area contributed by atoms with E-state index >= 15 is 0 Å². The molecule has 4 rings (SSSR count). The molecule has 1 saturated carbocycles. The first-order chi connectivity index (χ1) is 16.0. The number of nitrogens with zero attached hydrogens (tertiary/aromatic N) is 2. The lowest BCUT2D eigenvalue weighted by Crippen LogP contribution is -2.44. The van der Waals surface area contributed by atoms with Gasteiger partial charge in [0.15, 0.2) is 0 Å². The number of furan rings is 1. The summed E-state index contributed by atoms with van der Waals surface area (Å²) in [4.78, 5) is 29.7. The van der Waals surface area contributed by atoms with Crippen LogP contribution in [0.1, 0.15) is 29.7 Å². The van der Waals surface area contributed by atoms with Crippen LogP contribution in [0.4, 0.5) is 4.39 Å². The number of ether oxygens (including phenoxy) is 1. The van der Waals surface area contributed by atoms with Crippen molar-refractivity contribution in [2.45, 2.75) is 38.4 Å². The number of halogens is 1. The maximum Gasteiger partial charge on any atom is 0.242 e. The molecule has 0 saturated heterocycles. The average Bonchev–Trinajstić information content (AvgIpc) is 3.53. The lowest BCUT2D eigenvalue weighted by Gasteiger charge is -2.27. The third kappa shape index (κ3) is 6.22. The molecule has 3 aromatic rings. The fourth-order valence-electron chi connectivity index (χ4n) is 3.71. The smallest absolute Gasteiger partial charge is 0.242 e. The number of amides is 2. The molecular formula is C26H27FN2O4. The monoisotopic (exact) mass is 450 g/mol. The Balaban J connectivity index is 1.46. The van der Waals surface area contributed by atoms with Gasteiger partial charge >= 0.3 is 0 Å². The van der Waals surface area contributed by atoms with Crippen LogP contribution >= 0.6 is 0 Å². The van der Waals surface area contributed by atoms with Crippen molar-refractivity contribution >= 4 is 11.8 Å². The quantitative estimate of drug-likeness (QED) is 0.465. The van der Waals surface area contributed by atoms with Crippen molar-refractivity contribution in [1.29, 1.82) is 0 Å². The zero-order valence-corrected chi connectivity index (χ0v) is 18.6. The molecule has 33 heavy (non-hydrogen) atoms. The minimum absolute atomic E-state index is 0.00155. The summed E-state index contributed by atoms with van der Waals surface area (Å²) in [6, 6.07) is 17.1. The first-order valence-corrected chi connectivity index (χ1v) is 11.0. The number of rotatable bonds is 10. The number of hydrogen-bond donors (Lipinski definition) is 0. The Morgan fingerprint density at radius 2 is 1.67 bits per heavy atom. The van der Waals surface area contributed by atoms with Crippen LogP contribution in [-0.4, -0.2) is 41.3 Å². The molecule has 6 nitrogen and oxygen atoms in total. The second kappa shape index (κ2) is 10.3. The Kier molecular flexibility index (Phi) is 7.07. The molecule has 1 fully saturated rings. The predicted octanol–water partition coefficient (Wildman–Crippen LogP) is 4.19. The summed E-state index contributed by atoms with van der Waals surface area (Å²) >= 11 is 0. The van der Waals surface area contributed by atoms with Gasteiger partial charge < -0.3 is 19.0 Å². The van der Waals surface area contributed by atoms with Crippen molar-refractivity contribution in [3.63, 3.8) is 0 Å². The van der Waals surface area contributed by atoms with Gasteiger partial charge in [-0.25, -0.2) is 4.39 Å². The van der Waals surface area contributed by atoms with Gasteiger partial charge in [0.05, 0.1) is 26.3 Å². The average molecular weight is 451 g/mol. The van der Waals surface area contributed by atoms with Crippen LogP contribution < -0.4 is 4.74 Å². The molecule has 1 aliphatic rings. The standard InChI is InChI=1S/C26H27FN2O4/c1-32-23-12-6-19(7-13-23)15-25(30)29(22-10-11-22)18-26(31)28(17-24-3-2-14-33-24)16-20-4-8-21(27)9-5-20/h2-9,12-14,22H,10-11,15-18H2,1H3. The van der Waals surface area contributed by atoms with Gasteiger partial charge in [-0.1, -0.05) is 24.3 Å². The first kappa shape index (κ1) is 22.6. The molecule has 0 bridgehead atoms. The lowest BCUT2D eigenvalue weighted by atomic mass is 10.1. The highest BCUT2D eigenvalue weighted by atomic mass is 19.1. The van der Waals surface area contributed by atoms with Crippen molar-refractivity contribution in [2.75, 3.05) is 13.7 Å². The number of benzene rings is 2. The highest BCUT2D eigenvalue weighted by Gasteiger charge is 2.34. The van der Waals surface area contributed by atoms with Gasteiger partial charge in [-0.15, -0.1) is 0 Å². The van der Waals surface area contributed by atoms with E-state index in [1.165, 1.54) is 12.1 Å².